The van der Waals surface area contributed by atoms with Crippen molar-refractivity contribution in [3.8, 4) is 0 Å². The molecule has 0 saturated carbocycles. The number of piperidine rings is 1. The van der Waals surface area contributed by atoms with Crippen molar-refractivity contribution in [2.45, 2.75) is 18.9 Å². The normalized spacial score (nSPS) is 17.8. The van der Waals surface area contributed by atoms with Crippen LogP contribution in [0, 0.1) is 11.6 Å². The van der Waals surface area contributed by atoms with Gasteiger partial charge in [-0.05, 0) is 44.2 Å². The number of nitrogens with zero attached hydrogens (tertiary/aromatic N) is 5. The molecule has 2 saturated heterocycles. The van der Waals surface area contributed by atoms with E-state index in [4.69, 9.17) is 11.6 Å². The second-order valence-electron chi connectivity index (χ2n) is 9.32. The molecule has 3 heterocycles. The Morgan fingerprint density at radius 2 is 1.61 bits per heavy atom. The van der Waals surface area contributed by atoms with E-state index in [2.05, 4.69) is 37.4 Å². The largest absolute Gasteiger partial charge is 0.369 e. The molecule has 0 atom stereocenters. The molecule has 190 valence electrons. The Kier molecular flexibility index (Phi) is 7.50. The van der Waals surface area contributed by atoms with E-state index in [0.717, 1.165) is 44.7 Å². The first-order valence-electron chi connectivity index (χ1n) is 12.2. The van der Waals surface area contributed by atoms with Crippen LogP contribution < -0.4 is 15.5 Å². The SMILES string of the molecule is CN1CCN(C2CCN(c3ccc(Nc4ncc(Cl)c(Nc5ccccc5)n4)c(F)c3F)CC2)CC1. The number of nitrogens with one attached hydrogen (secondary N) is 2. The first kappa shape index (κ1) is 24.7. The molecule has 10 heteroatoms. The van der Waals surface area contributed by atoms with Gasteiger partial charge in [-0.1, -0.05) is 29.8 Å². The van der Waals surface area contributed by atoms with Crippen LogP contribution in [-0.4, -0.2) is 72.1 Å². The zero-order valence-electron chi connectivity index (χ0n) is 20.2. The lowest BCUT2D eigenvalue weighted by atomic mass is 10.0. The van der Waals surface area contributed by atoms with E-state index in [1.165, 1.54) is 12.3 Å². The molecule has 0 aliphatic carbocycles. The highest BCUT2D eigenvalue weighted by atomic mass is 35.5. The fourth-order valence-corrected chi connectivity index (χ4v) is 4.97. The molecule has 2 fully saturated rings. The first-order valence-corrected chi connectivity index (χ1v) is 12.6. The summed E-state index contributed by atoms with van der Waals surface area (Å²) in [4.78, 5) is 15.3. The number of halogens is 3. The van der Waals surface area contributed by atoms with Gasteiger partial charge in [0.1, 0.15) is 5.02 Å². The lowest BCUT2D eigenvalue weighted by Gasteiger charge is -2.42. The van der Waals surface area contributed by atoms with Crippen LogP contribution in [0.1, 0.15) is 12.8 Å². The number of piperazine rings is 1. The van der Waals surface area contributed by atoms with Gasteiger partial charge in [-0.3, -0.25) is 4.90 Å². The lowest BCUT2D eigenvalue weighted by molar-refractivity contribution is 0.0981. The zero-order valence-corrected chi connectivity index (χ0v) is 21.0. The smallest absolute Gasteiger partial charge is 0.229 e. The number of anilines is 5. The first-order chi connectivity index (χ1) is 17.5. The fourth-order valence-electron chi connectivity index (χ4n) is 4.83. The second-order valence-corrected chi connectivity index (χ2v) is 9.73. The quantitative estimate of drug-likeness (QED) is 0.475. The van der Waals surface area contributed by atoms with Gasteiger partial charge in [0.25, 0.3) is 0 Å². The van der Waals surface area contributed by atoms with Crippen molar-refractivity contribution < 1.29 is 8.78 Å². The Hall–Kier alpha value is -3.01. The topological polar surface area (TPSA) is 59.6 Å². The minimum absolute atomic E-state index is 0.0310. The summed E-state index contributed by atoms with van der Waals surface area (Å²) in [6, 6.07) is 13.1. The third kappa shape index (κ3) is 5.53. The van der Waals surface area contributed by atoms with Gasteiger partial charge >= 0.3 is 0 Å². The summed E-state index contributed by atoms with van der Waals surface area (Å²) in [5.41, 5.74) is 1.05. The minimum atomic E-state index is -0.954. The highest BCUT2D eigenvalue weighted by Gasteiger charge is 2.28. The van der Waals surface area contributed by atoms with Crippen molar-refractivity contribution in [1.82, 2.24) is 19.8 Å². The maximum absolute atomic E-state index is 15.1. The van der Waals surface area contributed by atoms with Crippen molar-refractivity contribution in [3.63, 3.8) is 0 Å². The minimum Gasteiger partial charge on any atom is -0.369 e. The molecule has 0 amide bonds. The Labute approximate surface area is 215 Å². The van der Waals surface area contributed by atoms with Crippen LogP contribution in [0.3, 0.4) is 0 Å². The van der Waals surface area contributed by atoms with Crippen LogP contribution in [0.5, 0.6) is 0 Å². The maximum atomic E-state index is 15.1. The number of para-hydroxylation sites is 1. The van der Waals surface area contributed by atoms with Crippen molar-refractivity contribution >= 4 is 40.4 Å². The monoisotopic (exact) mass is 513 g/mol. The number of aromatic nitrogens is 2. The summed E-state index contributed by atoms with van der Waals surface area (Å²) in [5.74, 6) is -1.35. The van der Waals surface area contributed by atoms with Gasteiger partial charge in [0.2, 0.25) is 5.95 Å². The third-order valence-electron chi connectivity index (χ3n) is 6.95. The van der Waals surface area contributed by atoms with Crippen molar-refractivity contribution in [2.24, 2.45) is 0 Å². The molecule has 0 bridgehead atoms. The van der Waals surface area contributed by atoms with Gasteiger partial charge in [-0.2, -0.15) is 4.98 Å². The van der Waals surface area contributed by atoms with Crippen molar-refractivity contribution in [2.75, 3.05) is 61.8 Å². The second kappa shape index (κ2) is 10.9. The third-order valence-corrected chi connectivity index (χ3v) is 7.23. The van der Waals surface area contributed by atoms with Gasteiger partial charge in [0, 0.05) is 51.0 Å². The molecule has 5 rings (SSSR count). The molecular formula is C26H30ClF2N7. The van der Waals surface area contributed by atoms with Crippen LogP contribution in [0.2, 0.25) is 5.02 Å². The maximum Gasteiger partial charge on any atom is 0.229 e. The number of hydrogen-bond acceptors (Lipinski definition) is 7. The Bertz CT molecular complexity index is 1180. The summed E-state index contributed by atoms with van der Waals surface area (Å²) >= 11 is 6.22. The number of likely N-dealkylation sites (N-methyl/N-ethyl adjacent to an activating group) is 1. The molecule has 36 heavy (non-hydrogen) atoms. The predicted molar refractivity (Wildman–Crippen MR) is 141 cm³/mol. The molecule has 0 spiro atoms. The number of benzene rings is 2. The summed E-state index contributed by atoms with van der Waals surface area (Å²) in [6.07, 6.45) is 3.30. The van der Waals surface area contributed by atoms with Gasteiger partial charge in [-0.25, -0.2) is 13.8 Å². The van der Waals surface area contributed by atoms with Gasteiger partial charge in [-0.15, -0.1) is 0 Å². The van der Waals surface area contributed by atoms with E-state index in [0.29, 0.717) is 35.7 Å². The average molecular weight is 514 g/mol. The van der Waals surface area contributed by atoms with Crippen molar-refractivity contribution in [3.05, 3.63) is 65.3 Å². The van der Waals surface area contributed by atoms with Crippen LogP contribution in [0.25, 0.3) is 0 Å². The Balaban J connectivity index is 1.25. The number of hydrogen-bond donors (Lipinski definition) is 2. The van der Waals surface area contributed by atoms with E-state index in [1.807, 2.05) is 35.2 Å². The van der Waals surface area contributed by atoms with E-state index in [-0.39, 0.29) is 11.6 Å². The summed E-state index contributed by atoms with van der Waals surface area (Å²) < 4.78 is 30.2. The summed E-state index contributed by atoms with van der Waals surface area (Å²) in [5, 5.41) is 6.20. The molecule has 0 unspecified atom stereocenters. The summed E-state index contributed by atoms with van der Waals surface area (Å²) in [7, 11) is 2.15. The standard InChI is InChI=1S/C26H30ClF2N7/c1-34-13-15-35(16-14-34)19-9-11-36(12-10-19)22-8-7-21(23(28)24(22)29)32-26-30-17-20(27)25(33-26)31-18-5-3-2-4-6-18/h2-8,17,19H,9-16H2,1H3,(H2,30,31,32,33). The molecule has 2 aliphatic heterocycles. The summed E-state index contributed by atoms with van der Waals surface area (Å²) in [6.45, 7) is 5.70. The van der Waals surface area contributed by atoms with Gasteiger partial charge in [0.05, 0.1) is 17.6 Å². The van der Waals surface area contributed by atoms with Crippen LogP contribution >= 0.6 is 11.6 Å². The van der Waals surface area contributed by atoms with Crippen LogP contribution in [-0.2, 0) is 0 Å². The molecule has 2 N–H and O–H groups in total. The Morgan fingerprint density at radius 1 is 0.889 bits per heavy atom. The Morgan fingerprint density at radius 3 is 2.33 bits per heavy atom. The van der Waals surface area contributed by atoms with Crippen LogP contribution in [0.15, 0.2) is 48.7 Å². The molecule has 1 aromatic heterocycles. The van der Waals surface area contributed by atoms with E-state index in [1.54, 1.807) is 6.07 Å². The molecule has 2 aliphatic rings. The molecule has 2 aromatic carbocycles. The molecule has 3 aromatic rings. The molecule has 0 radical (unpaired) electrons. The van der Waals surface area contributed by atoms with E-state index in [9.17, 15) is 0 Å². The molecular weight excluding hydrogens is 484 g/mol. The van der Waals surface area contributed by atoms with E-state index < -0.39 is 11.6 Å². The average Bonchev–Trinajstić information content (AvgIpc) is 2.90. The highest BCUT2D eigenvalue weighted by Crippen LogP contribution is 2.32. The van der Waals surface area contributed by atoms with Gasteiger partial charge in [0.15, 0.2) is 17.5 Å². The van der Waals surface area contributed by atoms with E-state index >= 15 is 8.78 Å². The zero-order chi connectivity index (χ0) is 25.1. The lowest BCUT2D eigenvalue weighted by Crippen LogP contribution is -2.52. The van der Waals surface area contributed by atoms with Crippen LogP contribution in [0.4, 0.5) is 37.6 Å². The predicted octanol–water partition coefficient (Wildman–Crippen LogP) is 5.11. The fraction of sp³-hybridized carbons (Fsp3) is 0.385. The van der Waals surface area contributed by atoms with Gasteiger partial charge < -0.3 is 20.4 Å². The highest BCUT2D eigenvalue weighted by molar-refractivity contribution is 6.32. The van der Waals surface area contributed by atoms with Crippen molar-refractivity contribution in [1.29, 1.82) is 0 Å². The molecule has 7 nitrogen and oxygen atoms in total. The number of rotatable bonds is 6.